The molecule has 0 aromatic heterocycles. The molecule has 0 unspecified atom stereocenters. The van der Waals surface area contributed by atoms with Gasteiger partial charge in [-0.15, -0.1) is 0 Å². The zero-order chi connectivity index (χ0) is 12.0. The van der Waals surface area contributed by atoms with Crippen LogP contribution >= 0.6 is 0 Å². The second-order valence-corrected chi connectivity index (χ2v) is 6.04. The van der Waals surface area contributed by atoms with Crippen molar-refractivity contribution in [2.75, 3.05) is 13.1 Å². The molecule has 0 amide bonds. The van der Waals surface area contributed by atoms with E-state index < -0.39 is 0 Å². The molecule has 4 heteroatoms. The fourth-order valence-electron chi connectivity index (χ4n) is 3.33. The summed E-state index contributed by atoms with van der Waals surface area (Å²) >= 11 is 0. The van der Waals surface area contributed by atoms with Gasteiger partial charge in [-0.25, -0.2) is 0 Å². The van der Waals surface area contributed by atoms with E-state index in [1.54, 1.807) is 0 Å². The Hall–Kier alpha value is -0.610. The molecular weight excluding hydrogens is 202 g/mol. The third-order valence-corrected chi connectivity index (χ3v) is 4.75. The molecule has 2 aliphatic carbocycles. The third-order valence-electron chi connectivity index (χ3n) is 4.75. The highest BCUT2D eigenvalue weighted by Gasteiger charge is 2.63. The van der Waals surface area contributed by atoms with Crippen molar-refractivity contribution in [2.24, 2.45) is 28.1 Å². The van der Waals surface area contributed by atoms with Gasteiger partial charge in [-0.3, -0.25) is 0 Å². The summed E-state index contributed by atoms with van der Waals surface area (Å²) < 4.78 is 0. The molecule has 0 bridgehead atoms. The van der Waals surface area contributed by atoms with Crippen LogP contribution in [0, 0.1) is 17.3 Å². The number of oxime groups is 1. The maximum Gasteiger partial charge on any atom is 0.0771 e. The van der Waals surface area contributed by atoms with Crippen molar-refractivity contribution < 1.29 is 5.21 Å². The SMILES string of the molecule is CC1(C)[C@@H]2C/C(=N\O)[C@@](C)(NCCN)C[C@@H]21. The van der Waals surface area contributed by atoms with Crippen molar-refractivity contribution in [3.05, 3.63) is 0 Å². The maximum absolute atomic E-state index is 9.15. The molecule has 0 heterocycles. The van der Waals surface area contributed by atoms with Crippen molar-refractivity contribution in [1.82, 2.24) is 5.32 Å². The van der Waals surface area contributed by atoms with Crippen LogP contribution in [0.5, 0.6) is 0 Å². The van der Waals surface area contributed by atoms with Gasteiger partial charge in [0.05, 0.1) is 11.3 Å². The zero-order valence-corrected chi connectivity index (χ0v) is 10.5. The van der Waals surface area contributed by atoms with Crippen LogP contribution in [-0.2, 0) is 0 Å². The van der Waals surface area contributed by atoms with E-state index >= 15 is 0 Å². The van der Waals surface area contributed by atoms with E-state index in [1.807, 2.05) is 0 Å². The summed E-state index contributed by atoms with van der Waals surface area (Å²) in [5.41, 5.74) is 6.67. The van der Waals surface area contributed by atoms with Gasteiger partial charge >= 0.3 is 0 Å². The predicted molar refractivity (Wildman–Crippen MR) is 64.7 cm³/mol. The molecule has 2 fully saturated rings. The second-order valence-electron chi connectivity index (χ2n) is 6.04. The van der Waals surface area contributed by atoms with Gasteiger partial charge in [0.2, 0.25) is 0 Å². The van der Waals surface area contributed by atoms with E-state index in [0.29, 0.717) is 17.9 Å². The third kappa shape index (κ3) is 1.64. The van der Waals surface area contributed by atoms with Gasteiger partial charge in [0.15, 0.2) is 0 Å². The first-order valence-electron chi connectivity index (χ1n) is 6.12. The lowest BCUT2D eigenvalue weighted by atomic mass is 9.81. The summed E-state index contributed by atoms with van der Waals surface area (Å²) in [6.45, 7) is 8.14. The summed E-state index contributed by atoms with van der Waals surface area (Å²) in [5, 5.41) is 16.1. The van der Waals surface area contributed by atoms with E-state index in [1.165, 1.54) is 0 Å². The lowest BCUT2D eigenvalue weighted by molar-refractivity contribution is 0.294. The summed E-state index contributed by atoms with van der Waals surface area (Å²) in [4.78, 5) is 0. The highest BCUT2D eigenvalue weighted by molar-refractivity contribution is 5.94. The molecule has 2 saturated carbocycles. The Morgan fingerprint density at radius 1 is 1.44 bits per heavy atom. The van der Waals surface area contributed by atoms with Crippen molar-refractivity contribution in [3.63, 3.8) is 0 Å². The first-order chi connectivity index (χ1) is 7.45. The number of nitrogens with one attached hydrogen (secondary N) is 1. The molecule has 0 aromatic carbocycles. The van der Waals surface area contributed by atoms with E-state index in [4.69, 9.17) is 10.9 Å². The Kier molecular flexibility index (Phi) is 2.75. The van der Waals surface area contributed by atoms with Crippen LogP contribution in [0.2, 0.25) is 0 Å². The van der Waals surface area contributed by atoms with Crippen LogP contribution in [0.1, 0.15) is 33.6 Å². The fourth-order valence-corrected chi connectivity index (χ4v) is 3.33. The van der Waals surface area contributed by atoms with E-state index in [9.17, 15) is 0 Å². The Morgan fingerprint density at radius 2 is 2.12 bits per heavy atom. The number of nitrogens with two attached hydrogens (primary N) is 1. The van der Waals surface area contributed by atoms with Gasteiger partial charge in [-0.2, -0.15) is 0 Å². The summed E-state index contributed by atoms with van der Waals surface area (Å²) in [7, 11) is 0. The normalized spacial score (nSPS) is 43.1. The maximum atomic E-state index is 9.15. The van der Waals surface area contributed by atoms with Gasteiger partial charge in [-0.05, 0) is 37.0 Å². The highest BCUT2D eigenvalue weighted by atomic mass is 16.4. The molecule has 0 spiro atoms. The summed E-state index contributed by atoms with van der Waals surface area (Å²) in [6.07, 6.45) is 1.98. The smallest absolute Gasteiger partial charge is 0.0771 e. The molecule has 16 heavy (non-hydrogen) atoms. The van der Waals surface area contributed by atoms with Crippen LogP contribution in [0.3, 0.4) is 0 Å². The Bertz CT molecular complexity index is 313. The average Bonchev–Trinajstić information content (AvgIpc) is 2.76. The van der Waals surface area contributed by atoms with Crippen LogP contribution < -0.4 is 11.1 Å². The number of fused-ring (bicyclic) bond motifs is 1. The Labute approximate surface area is 97.3 Å². The van der Waals surface area contributed by atoms with Gasteiger partial charge in [-0.1, -0.05) is 19.0 Å². The number of hydrogen-bond donors (Lipinski definition) is 3. The molecule has 0 aromatic rings. The number of rotatable bonds is 3. The van der Waals surface area contributed by atoms with Crippen molar-refractivity contribution >= 4 is 5.71 Å². The lowest BCUT2D eigenvalue weighted by Crippen LogP contribution is -2.53. The summed E-state index contributed by atoms with van der Waals surface area (Å²) in [6, 6.07) is 0. The zero-order valence-electron chi connectivity index (χ0n) is 10.5. The molecule has 0 saturated heterocycles. The molecule has 4 nitrogen and oxygen atoms in total. The summed E-state index contributed by atoms with van der Waals surface area (Å²) in [5.74, 6) is 1.46. The minimum Gasteiger partial charge on any atom is -0.411 e. The number of nitrogens with zero attached hydrogens (tertiary/aromatic N) is 1. The van der Waals surface area contributed by atoms with Gasteiger partial charge in [0.1, 0.15) is 0 Å². The molecule has 0 radical (unpaired) electrons. The van der Waals surface area contributed by atoms with Crippen LogP contribution in [0.4, 0.5) is 0 Å². The van der Waals surface area contributed by atoms with Crippen molar-refractivity contribution in [2.45, 2.75) is 39.2 Å². The molecular formula is C12H23N3O. The molecule has 3 atom stereocenters. The minimum atomic E-state index is -0.164. The quantitative estimate of drug-likeness (QED) is 0.499. The first-order valence-corrected chi connectivity index (χ1v) is 6.12. The van der Waals surface area contributed by atoms with E-state index in [0.717, 1.165) is 31.0 Å². The van der Waals surface area contributed by atoms with Crippen LogP contribution in [-0.4, -0.2) is 29.5 Å². The average molecular weight is 225 g/mol. The Morgan fingerprint density at radius 3 is 2.69 bits per heavy atom. The van der Waals surface area contributed by atoms with Crippen molar-refractivity contribution in [1.29, 1.82) is 0 Å². The molecule has 0 aliphatic heterocycles. The number of hydrogen-bond acceptors (Lipinski definition) is 4. The topological polar surface area (TPSA) is 70.6 Å². The van der Waals surface area contributed by atoms with Crippen LogP contribution in [0.15, 0.2) is 5.16 Å². The monoisotopic (exact) mass is 225 g/mol. The lowest BCUT2D eigenvalue weighted by Gasteiger charge is -2.35. The van der Waals surface area contributed by atoms with E-state index in [2.05, 4.69) is 31.2 Å². The van der Waals surface area contributed by atoms with Gasteiger partial charge in [0, 0.05) is 13.1 Å². The van der Waals surface area contributed by atoms with Crippen molar-refractivity contribution in [3.8, 4) is 0 Å². The molecule has 4 N–H and O–H groups in total. The van der Waals surface area contributed by atoms with Gasteiger partial charge in [0.25, 0.3) is 0 Å². The second kappa shape index (κ2) is 3.70. The van der Waals surface area contributed by atoms with E-state index in [-0.39, 0.29) is 5.54 Å². The minimum absolute atomic E-state index is 0.164. The first kappa shape index (κ1) is 11.9. The van der Waals surface area contributed by atoms with Crippen LogP contribution in [0.25, 0.3) is 0 Å². The Balaban J connectivity index is 2.13. The van der Waals surface area contributed by atoms with Gasteiger partial charge < -0.3 is 16.3 Å². The standard InChI is InChI=1S/C12H23N3O/c1-11(2)8-6-10(15-16)12(3,7-9(8)11)14-5-4-13/h8-9,14,16H,4-7,13H2,1-3H3/b15-10+/t8-,9+,12+/m1/s1. The molecule has 92 valence electrons. The molecule has 2 aliphatic rings. The largest absolute Gasteiger partial charge is 0.411 e. The highest BCUT2D eigenvalue weighted by Crippen LogP contribution is 2.65. The predicted octanol–water partition coefficient (Wildman–Crippen LogP) is 1.19. The fraction of sp³-hybridized carbons (Fsp3) is 0.917. The molecule has 2 rings (SSSR count).